The largest absolute Gasteiger partial charge is 0.481 e. The number of carbonyl (C=O) groups excluding carboxylic acids is 7. The molecule has 0 aromatic heterocycles. The number of aliphatic hydroxyl groups excluding tert-OH is 1. The van der Waals surface area contributed by atoms with E-state index in [0.717, 1.165) is 0 Å². The van der Waals surface area contributed by atoms with Gasteiger partial charge < -0.3 is 75.3 Å². The first-order chi connectivity index (χ1) is 27.9. The Bertz CT molecular complexity index is 1560. The lowest BCUT2D eigenvalue weighted by molar-refractivity contribution is -0.143. The Morgan fingerprint density at radius 3 is 1.60 bits per heavy atom. The summed E-state index contributed by atoms with van der Waals surface area (Å²) < 4.78 is 0. The van der Waals surface area contributed by atoms with Crippen molar-refractivity contribution in [3.63, 3.8) is 0 Å². The number of carboxylic acid groups (broad SMARTS) is 3. The van der Waals surface area contributed by atoms with Crippen LogP contribution in [0.1, 0.15) is 72.1 Å². The van der Waals surface area contributed by atoms with E-state index in [2.05, 4.69) is 36.9 Å². The van der Waals surface area contributed by atoms with Crippen LogP contribution in [0.4, 0.5) is 0 Å². The number of thioether (sulfide) groups is 1. The molecule has 9 atom stereocenters. The molecule has 0 aliphatic heterocycles. The van der Waals surface area contributed by atoms with Crippen LogP contribution in [-0.4, -0.2) is 153 Å². The van der Waals surface area contributed by atoms with Crippen molar-refractivity contribution in [1.29, 1.82) is 0 Å². The maximum Gasteiger partial charge on any atom is 0.326 e. The van der Waals surface area contributed by atoms with Crippen LogP contribution in [-0.2, 0) is 47.9 Å². The molecule has 0 aliphatic carbocycles. The SMILES string of the molecule is CC[C@H](C)[C@H](NC(=O)[C@H](CC(=O)O)NC(=O)[C@@H](N)[C@@H](C)O)C(=O)N[C@@H](CCC(=O)O)C(=O)N[C@@H](CCSC)C(=O)N[C@@H](CC(N)=O)C(=O)N[C@@H](CCCN=C(N)N)C(=O)O. The summed E-state index contributed by atoms with van der Waals surface area (Å²) in [7, 11) is 0. The Morgan fingerprint density at radius 1 is 0.633 bits per heavy atom. The minimum Gasteiger partial charge on any atom is -0.481 e. The third kappa shape index (κ3) is 21.3. The molecule has 0 spiro atoms. The summed E-state index contributed by atoms with van der Waals surface area (Å²) in [5.74, 6) is -12.6. The summed E-state index contributed by atoms with van der Waals surface area (Å²) in [4.78, 5) is 131. The number of hydrogen-bond acceptors (Lipinski definition) is 14. The van der Waals surface area contributed by atoms with Crippen molar-refractivity contribution in [2.24, 2.45) is 33.8 Å². The first-order valence-electron chi connectivity index (χ1n) is 18.7. The number of amides is 7. The number of hydrogen-bond donors (Lipinski definition) is 14. The normalized spacial score (nSPS) is 15.4. The summed E-state index contributed by atoms with van der Waals surface area (Å²) in [5, 5.41) is 51.8. The zero-order valence-corrected chi connectivity index (χ0v) is 34.6. The molecule has 0 heterocycles. The van der Waals surface area contributed by atoms with Gasteiger partial charge >= 0.3 is 17.9 Å². The molecule has 340 valence electrons. The first-order valence-corrected chi connectivity index (χ1v) is 20.1. The molecule has 0 fully saturated rings. The second-order valence-electron chi connectivity index (χ2n) is 13.7. The number of nitrogens with one attached hydrogen (secondary N) is 6. The maximum atomic E-state index is 13.7. The van der Waals surface area contributed by atoms with E-state index in [1.54, 1.807) is 13.2 Å². The van der Waals surface area contributed by atoms with Crippen molar-refractivity contribution in [2.45, 2.75) is 121 Å². The molecule has 0 radical (unpaired) electrons. The molecular weight excluding hydrogens is 819 g/mol. The van der Waals surface area contributed by atoms with Crippen LogP contribution in [0.3, 0.4) is 0 Å². The topological polar surface area (TPSA) is 440 Å². The number of guanidine groups is 1. The number of nitrogens with zero attached hydrogens (tertiary/aromatic N) is 1. The zero-order valence-electron chi connectivity index (χ0n) is 33.8. The predicted octanol–water partition coefficient (Wildman–Crippen LogP) is -5.24. The molecule has 0 aliphatic rings. The van der Waals surface area contributed by atoms with Crippen LogP contribution >= 0.6 is 11.8 Å². The zero-order chi connectivity index (χ0) is 46.3. The summed E-state index contributed by atoms with van der Waals surface area (Å²) in [5.41, 5.74) is 21.4. The monoisotopic (exact) mass is 877 g/mol. The molecule has 26 heteroatoms. The van der Waals surface area contributed by atoms with E-state index in [-0.39, 0.29) is 43.9 Å². The van der Waals surface area contributed by atoms with Crippen LogP contribution < -0.4 is 54.8 Å². The number of rotatable bonds is 30. The highest BCUT2D eigenvalue weighted by atomic mass is 32.2. The van der Waals surface area contributed by atoms with Gasteiger partial charge in [0, 0.05) is 13.0 Å². The van der Waals surface area contributed by atoms with Gasteiger partial charge in [-0.3, -0.25) is 48.1 Å². The molecule has 0 saturated carbocycles. The molecule has 60 heavy (non-hydrogen) atoms. The number of nitrogens with two attached hydrogens (primary N) is 4. The van der Waals surface area contributed by atoms with Crippen molar-refractivity contribution in [2.75, 3.05) is 18.6 Å². The van der Waals surface area contributed by atoms with Crippen LogP contribution in [0, 0.1) is 5.92 Å². The maximum absolute atomic E-state index is 13.7. The molecule has 25 nitrogen and oxygen atoms in total. The lowest BCUT2D eigenvalue weighted by Gasteiger charge is -2.29. The van der Waals surface area contributed by atoms with Gasteiger partial charge in [0.05, 0.1) is 18.9 Å². The van der Waals surface area contributed by atoms with Gasteiger partial charge in [0.2, 0.25) is 41.4 Å². The fourth-order valence-corrected chi connectivity index (χ4v) is 5.59. The van der Waals surface area contributed by atoms with Gasteiger partial charge in [-0.05, 0) is 50.5 Å². The Labute approximate surface area is 349 Å². The lowest BCUT2D eigenvalue weighted by atomic mass is 9.96. The van der Waals surface area contributed by atoms with Crippen LogP contribution in [0.25, 0.3) is 0 Å². The van der Waals surface area contributed by atoms with Gasteiger partial charge in [0.1, 0.15) is 42.3 Å². The minimum absolute atomic E-state index is 0.0368. The number of carbonyl (C=O) groups is 10. The summed E-state index contributed by atoms with van der Waals surface area (Å²) in [6, 6.07) is -11.2. The third-order valence-electron chi connectivity index (χ3n) is 8.75. The van der Waals surface area contributed by atoms with Gasteiger partial charge in [0.25, 0.3) is 0 Å². The average molecular weight is 878 g/mol. The summed E-state index contributed by atoms with van der Waals surface area (Å²) >= 11 is 1.25. The number of primary amides is 1. The van der Waals surface area contributed by atoms with E-state index in [9.17, 15) is 68.4 Å². The first kappa shape index (κ1) is 54.2. The third-order valence-corrected chi connectivity index (χ3v) is 9.39. The quantitative estimate of drug-likeness (QED) is 0.0182. The molecule has 0 aromatic carbocycles. The number of aliphatic hydroxyl groups is 1. The number of aliphatic imine (C=N–C) groups is 1. The predicted molar refractivity (Wildman–Crippen MR) is 214 cm³/mol. The van der Waals surface area contributed by atoms with E-state index in [4.69, 9.17) is 22.9 Å². The minimum atomic E-state index is -1.77. The smallest absolute Gasteiger partial charge is 0.326 e. The molecule has 0 bridgehead atoms. The fraction of sp³-hybridized carbons (Fsp3) is 0.676. The average Bonchev–Trinajstić information content (AvgIpc) is 3.15. The summed E-state index contributed by atoms with van der Waals surface area (Å²) in [6.07, 6.45) is -2.54. The molecule has 7 amide bonds. The number of carboxylic acids is 3. The van der Waals surface area contributed by atoms with Gasteiger partial charge in [-0.1, -0.05) is 20.3 Å². The lowest BCUT2D eigenvalue weighted by Crippen LogP contribution is -2.61. The van der Waals surface area contributed by atoms with E-state index in [1.807, 2.05) is 0 Å². The molecule has 18 N–H and O–H groups in total. The van der Waals surface area contributed by atoms with E-state index in [1.165, 1.54) is 25.6 Å². The van der Waals surface area contributed by atoms with Crippen LogP contribution in [0.15, 0.2) is 4.99 Å². The van der Waals surface area contributed by atoms with Gasteiger partial charge in [-0.25, -0.2) is 4.79 Å². The van der Waals surface area contributed by atoms with Crippen molar-refractivity contribution in [3.05, 3.63) is 0 Å². The van der Waals surface area contributed by atoms with Crippen LogP contribution in [0.2, 0.25) is 0 Å². The fourth-order valence-electron chi connectivity index (χ4n) is 5.12. The Hall–Kier alpha value is -5.76. The Morgan fingerprint density at radius 2 is 1.12 bits per heavy atom. The van der Waals surface area contributed by atoms with Crippen LogP contribution in [0.5, 0.6) is 0 Å². The van der Waals surface area contributed by atoms with Crippen molar-refractivity contribution in [3.8, 4) is 0 Å². The molecule has 0 saturated heterocycles. The second kappa shape index (κ2) is 27.8. The highest BCUT2D eigenvalue weighted by Gasteiger charge is 2.36. The van der Waals surface area contributed by atoms with Crippen molar-refractivity contribution in [1.82, 2.24) is 31.9 Å². The highest BCUT2D eigenvalue weighted by Crippen LogP contribution is 2.12. The second-order valence-corrected chi connectivity index (χ2v) is 14.7. The Balaban J connectivity index is 6.44. The number of aliphatic carboxylic acids is 3. The standard InChI is InChI=1S/C34H59N11O14S/c1-5-15(2)26(45-30(55)21(14-24(50)51)44-31(56)25(36)16(3)46)32(57)41-17(8-9-23(48)49)27(52)40-18(10-12-60-4)28(53)43-20(13-22(35)47)29(54)42-19(33(58)59)7-6-11-39-34(37)38/h15-21,25-26,46H,5-14,36H2,1-4H3,(H2,35,47)(H,40,52)(H,41,57)(H,42,54)(H,43,53)(H,44,56)(H,45,55)(H,48,49)(H,50,51)(H,58,59)(H4,37,38,39)/t15-,16+,17-,18-,19-,20-,21-,25-,26-/m0/s1. The highest BCUT2D eigenvalue weighted by molar-refractivity contribution is 7.98. The molecule has 0 unspecified atom stereocenters. The summed E-state index contributed by atoms with van der Waals surface area (Å²) in [6.45, 7) is 4.39. The van der Waals surface area contributed by atoms with E-state index >= 15 is 0 Å². The van der Waals surface area contributed by atoms with Gasteiger partial charge in [0.15, 0.2) is 5.96 Å². The Kier molecular flexibility index (Phi) is 25.2. The molecule has 0 aromatic rings. The van der Waals surface area contributed by atoms with E-state index in [0.29, 0.717) is 0 Å². The van der Waals surface area contributed by atoms with Crippen molar-refractivity contribution < 1.29 is 68.4 Å². The van der Waals surface area contributed by atoms with Gasteiger partial charge in [-0.15, -0.1) is 0 Å². The molecule has 0 rings (SSSR count). The van der Waals surface area contributed by atoms with Crippen molar-refractivity contribution >= 4 is 77.0 Å². The van der Waals surface area contributed by atoms with Gasteiger partial charge in [-0.2, -0.15) is 11.8 Å². The molecular formula is C34H59N11O14S. The van der Waals surface area contributed by atoms with E-state index < -0.39 is 139 Å².